The van der Waals surface area contributed by atoms with Crippen molar-refractivity contribution < 1.29 is 14.2 Å². The zero-order valence-electron chi connectivity index (χ0n) is 10.7. The van der Waals surface area contributed by atoms with E-state index in [-0.39, 0.29) is 12.4 Å². The van der Waals surface area contributed by atoms with Crippen molar-refractivity contribution in [2.75, 3.05) is 27.1 Å². The van der Waals surface area contributed by atoms with Gasteiger partial charge in [0.1, 0.15) is 22.8 Å². The van der Waals surface area contributed by atoms with E-state index in [0.29, 0.717) is 33.8 Å². The molecule has 2 rings (SSSR count). The van der Waals surface area contributed by atoms with Crippen LogP contribution in [-0.4, -0.2) is 30.7 Å². The minimum atomic E-state index is 0. The van der Waals surface area contributed by atoms with E-state index >= 15 is 0 Å². The standard InChI is InChI=1S/C11H13N3O3S.ClH/c1-15-6-4-7(16-2)9(8(5-6)17-3)10-13-11(12)18-14-10;/h4-5H,1-3H3,(H2,12,13,14);1H. The Hall–Kier alpha value is -1.73. The van der Waals surface area contributed by atoms with Gasteiger partial charge in [0, 0.05) is 23.7 Å². The van der Waals surface area contributed by atoms with Gasteiger partial charge in [-0.1, -0.05) is 0 Å². The Kier molecular flexibility index (Phi) is 5.20. The maximum atomic E-state index is 5.59. The molecule has 0 saturated carbocycles. The number of ether oxygens (including phenoxy) is 3. The first-order chi connectivity index (χ1) is 8.69. The van der Waals surface area contributed by atoms with E-state index in [9.17, 15) is 0 Å². The topological polar surface area (TPSA) is 79.5 Å². The van der Waals surface area contributed by atoms with Crippen LogP contribution >= 0.6 is 23.9 Å². The average molecular weight is 304 g/mol. The molecule has 1 heterocycles. The zero-order valence-corrected chi connectivity index (χ0v) is 12.3. The second-order valence-corrected chi connectivity index (χ2v) is 4.15. The van der Waals surface area contributed by atoms with Gasteiger partial charge in [0.05, 0.1) is 21.3 Å². The fraction of sp³-hybridized carbons (Fsp3) is 0.273. The summed E-state index contributed by atoms with van der Waals surface area (Å²) in [5.74, 6) is 2.26. The maximum absolute atomic E-state index is 5.59. The molecule has 8 heteroatoms. The summed E-state index contributed by atoms with van der Waals surface area (Å²) in [5, 5.41) is 0.393. The highest BCUT2D eigenvalue weighted by Gasteiger charge is 2.18. The number of aromatic nitrogens is 2. The number of anilines is 1. The number of hydrogen-bond acceptors (Lipinski definition) is 7. The second-order valence-electron chi connectivity index (χ2n) is 3.36. The number of hydrogen-bond donors (Lipinski definition) is 1. The van der Waals surface area contributed by atoms with Gasteiger partial charge in [0.2, 0.25) is 0 Å². The summed E-state index contributed by atoms with van der Waals surface area (Å²) in [6.45, 7) is 0. The van der Waals surface area contributed by atoms with Gasteiger partial charge in [-0.3, -0.25) is 0 Å². The van der Waals surface area contributed by atoms with Crippen molar-refractivity contribution in [3.05, 3.63) is 12.1 Å². The first kappa shape index (κ1) is 15.3. The third-order valence-corrected chi connectivity index (χ3v) is 2.92. The zero-order chi connectivity index (χ0) is 13.1. The molecule has 0 fully saturated rings. The van der Waals surface area contributed by atoms with Crippen molar-refractivity contribution in [1.29, 1.82) is 0 Å². The summed E-state index contributed by atoms with van der Waals surface area (Å²) in [6.07, 6.45) is 0. The number of nitrogens with zero attached hydrogens (tertiary/aromatic N) is 2. The molecule has 0 spiro atoms. The van der Waals surface area contributed by atoms with Crippen LogP contribution in [0.3, 0.4) is 0 Å². The predicted molar refractivity (Wildman–Crippen MR) is 76.7 cm³/mol. The molecule has 1 aromatic carbocycles. The van der Waals surface area contributed by atoms with E-state index < -0.39 is 0 Å². The minimum Gasteiger partial charge on any atom is -0.496 e. The van der Waals surface area contributed by atoms with Gasteiger partial charge in [-0.05, 0) is 0 Å². The summed E-state index contributed by atoms with van der Waals surface area (Å²) in [7, 11) is 4.70. The highest BCUT2D eigenvalue weighted by molar-refractivity contribution is 7.09. The van der Waals surface area contributed by atoms with Crippen molar-refractivity contribution in [3.63, 3.8) is 0 Å². The maximum Gasteiger partial charge on any atom is 0.200 e. The number of benzene rings is 1. The fourth-order valence-corrected chi connectivity index (χ4v) is 2.00. The number of halogens is 1. The number of methoxy groups -OCH3 is 3. The first-order valence-electron chi connectivity index (χ1n) is 5.09. The Morgan fingerprint density at radius 1 is 1.05 bits per heavy atom. The molecule has 2 aromatic rings. The van der Waals surface area contributed by atoms with Crippen molar-refractivity contribution in [3.8, 4) is 28.6 Å². The lowest BCUT2D eigenvalue weighted by Crippen LogP contribution is -1.96. The number of nitrogens with two attached hydrogens (primary N) is 1. The molecule has 1 aromatic heterocycles. The molecular formula is C11H14ClN3O3S. The van der Waals surface area contributed by atoms with Crippen LogP contribution in [0.25, 0.3) is 11.4 Å². The summed E-state index contributed by atoms with van der Waals surface area (Å²) in [4.78, 5) is 4.14. The summed E-state index contributed by atoms with van der Waals surface area (Å²) < 4.78 is 20.0. The lowest BCUT2D eigenvalue weighted by Gasteiger charge is -2.12. The molecule has 0 aliphatic heterocycles. The molecule has 2 N–H and O–H groups in total. The van der Waals surface area contributed by atoms with E-state index in [1.165, 1.54) is 0 Å². The van der Waals surface area contributed by atoms with Crippen LogP contribution in [0.1, 0.15) is 0 Å². The Labute approximate surface area is 121 Å². The van der Waals surface area contributed by atoms with Gasteiger partial charge < -0.3 is 19.9 Å². The first-order valence-corrected chi connectivity index (χ1v) is 5.86. The quantitative estimate of drug-likeness (QED) is 0.933. The highest BCUT2D eigenvalue weighted by Crippen LogP contribution is 2.40. The predicted octanol–water partition coefficient (Wildman–Crippen LogP) is 2.23. The van der Waals surface area contributed by atoms with Gasteiger partial charge in [-0.2, -0.15) is 9.36 Å². The molecular weight excluding hydrogens is 290 g/mol. The van der Waals surface area contributed by atoms with E-state index in [1.54, 1.807) is 33.5 Å². The molecule has 0 amide bonds. The van der Waals surface area contributed by atoms with Crippen molar-refractivity contribution in [2.24, 2.45) is 0 Å². The summed E-state index contributed by atoms with van der Waals surface area (Å²) >= 11 is 1.12. The Bertz CT molecular complexity index is 537. The largest absolute Gasteiger partial charge is 0.496 e. The molecule has 0 aliphatic rings. The molecule has 0 saturated heterocycles. The van der Waals surface area contributed by atoms with E-state index in [0.717, 1.165) is 11.5 Å². The molecule has 0 radical (unpaired) electrons. The van der Waals surface area contributed by atoms with Gasteiger partial charge in [-0.25, -0.2) is 0 Å². The van der Waals surface area contributed by atoms with Gasteiger partial charge in [0.15, 0.2) is 11.0 Å². The highest BCUT2D eigenvalue weighted by atomic mass is 35.5. The van der Waals surface area contributed by atoms with Gasteiger partial charge in [0.25, 0.3) is 0 Å². The molecule has 0 unspecified atom stereocenters. The van der Waals surface area contributed by atoms with Crippen LogP contribution in [-0.2, 0) is 0 Å². The third-order valence-electron chi connectivity index (χ3n) is 2.38. The summed E-state index contributed by atoms with van der Waals surface area (Å²) in [6, 6.07) is 3.49. The SMILES string of the molecule is COc1cc(OC)c(-c2nsc(N)n2)c(OC)c1.Cl. The molecule has 0 bridgehead atoms. The Balaban J connectivity index is 0.00000180. The average Bonchev–Trinajstić information content (AvgIpc) is 2.83. The molecule has 19 heavy (non-hydrogen) atoms. The molecule has 6 nitrogen and oxygen atoms in total. The van der Waals surface area contributed by atoms with Crippen LogP contribution in [0.5, 0.6) is 17.2 Å². The Morgan fingerprint density at radius 2 is 1.63 bits per heavy atom. The van der Waals surface area contributed by atoms with Crippen molar-refractivity contribution in [1.82, 2.24) is 9.36 Å². The van der Waals surface area contributed by atoms with Crippen molar-refractivity contribution in [2.45, 2.75) is 0 Å². The van der Waals surface area contributed by atoms with Crippen LogP contribution in [0, 0.1) is 0 Å². The van der Waals surface area contributed by atoms with Crippen LogP contribution in [0.15, 0.2) is 12.1 Å². The third kappa shape index (κ3) is 2.99. The molecule has 104 valence electrons. The van der Waals surface area contributed by atoms with Gasteiger partial charge >= 0.3 is 0 Å². The smallest absolute Gasteiger partial charge is 0.200 e. The molecule has 0 aliphatic carbocycles. The number of nitrogen functional groups attached to an aromatic ring is 1. The lowest BCUT2D eigenvalue weighted by atomic mass is 10.1. The number of rotatable bonds is 4. The Morgan fingerprint density at radius 3 is 2.00 bits per heavy atom. The fourth-order valence-electron chi connectivity index (χ4n) is 1.56. The van der Waals surface area contributed by atoms with Crippen molar-refractivity contribution >= 4 is 29.1 Å². The monoisotopic (exact) mass is 303 g/mol. The normalized spacial score (nSPS) is 9.63. The van der Waals surface area contributed by atoms with Crippen LogP contribution in [0.2, 0.25) is 0 Å². The van der Waals surface area contributed by atoms with Crippen LogP contribution in [0.4, 0.5) is 5.13 Å². The van der Waals surface area contributed by atoms with Crippen LogP contribution < -0.4 is 19.9 Å². The second kappa shape index (κ2) is 6.44. The molecule has 0 atom stereocenters. The van der Waals surface area contributed by atoms with E-state index in [2.05, 4.69) is 9.36 Å². The minimum absolute atomic E-state index is 0. The van der Waals surface area contributed by atoms with E-state index in [1.807, 2.05) is 0 Å². The van der Waals surface area contributed by atoms with Gasteiger partial charge in [-0.15, -0.1) is 12.4 Å². The summed E-state index contributed by atoms with van der Waals surface area (Å²) in [5.41, 5.74) is 6.25. The van der Waals surface area contributed by atoms with E-state index in [4.69, 9.17) is 19.9 Å². The lowest BCUT2D eigenvalue weighted by molar-refractivity contribution is 0.377.